The van der Waals surface area contributed by atoms with Crippen molar-refractivity contribution in [1.29, 1.82) is 0 Å². The van der Waals surface area contributed by atoms with Crippen LogP contribution in [0.2, 0.25) is 0 Å². The van der Waals surface area contributed by atoms with Crippen molar-refractivity contribution in [3.05, 3.63) is 88.7 Å². The van der Waals surface area contributed by atoms with Crippen LogP contribution >= 0.6 is 0 Å². The number of halogens is 3. The molecule has 2 nitrogen and oxygen atoms in total. The summed E-state index contributed by atoms with van der Waals surface area (Å²) in [6.07, 6.45) is 7.71. The summed E-state index contributed by atoms with van der Waals surface area (Å²) in [4.78, 5) is 12.5. The molecule has 190 valence electrons. The van der Waals surface area contributed by atoms with E-state index in [0.29, 0.717) is 17.0 Å². The highest BCUT2D eigenvalue weighted by molar-refractivity contribution is 5.91. The first-order valence-corrected chi connectivity index (χ1v) is 13.0. The number of rotatable bonds is 8. The predicted octanol–water partition coefficient (Wildman–Crippen LogP) is 9.02. The Bertz CT molecular complexity index is 1200. The fourth-order valence-electron chi connectivity index (χ4n) is 5.11. The average molecular weight is 495 g/mol. The van der Waals surface area contributed by atoms with E-state index >= 15 is 8.78 Å². The van der Waals surface area contributed by atoms with Gasteiger partial charge in [0.05, 0.1) is 5.56 Å². The molecule has 0 unspecified atom stereocenters. The Hall–Kier alpha value is -3.08. The highest BCUT2D eigenvalue weighted by atomic mass is 19.2. The van der Waals surface area contributed by atoms with Gasteiger partial charge in [0.15, 0.2) is 11.6 Å². The van der Waals surface area contributed by atoms with Gasteiger partial charge in [0.1, 0.15) is 11.6 Å². The lowest BCUT2D eigenvalue weighted by molar-refractivity contribution is 0.0730. The van der Waals surface area contributed by atoms with E-state index in [0.717, 1.165) is 56.9 Å². The van der Waals surface area contributed by atoms with Gasteiger partial charge in [0, 0.05) is 5.56 Å². The molecule has 0 amide bonds. The Balaban J connectivity index is 1.45. The molecule has 0 radical (unpaired) electrons. The van der Waals surface area contributed by atoms with Gasteiger partial charge in [-0.25, -0.2) is 18.0 Å². The van der Waals surface area contributed by atoms with Gasteiger partial charge in [0.25, 0.3) is 0 Å². The Kier molecular flexibility index (Phi) is 8.50. The summed E-state index contributed by atoms with van der Waals surface area (Å²) >= 11 is 0. The van der Waals surface area contributed by atoms with E-state index in [2.05, 4.69) is 13.8 Å². The van der Waals surface area contributed by atoms with Crippen LogP contribution in [0.25, 0.3) is 11.1 Å². The first-order chi connectivity index (χ1) is 17.4. The molecule has 0 N–H and O–H groups in total. The molecule has 1 aliphatic rings. The summed E-state index contributed by atoms with van der Waals surface area (Å²) in [5.41, 5.74) is 1.78. The minimum atomic E-state index is -0.861. The van der Waals surface area contributed by atoms with E-state index in [1.54, 1.807) is 30.3 Å². The maximum atomic E-state index is 15.0. The number of aryl methyl sites for hydroxylation is 1. The van der Waals surface area contributed by atoms with Crippen molar-refractivity contribution in [1.82, 2.24) is 0 Å². The summed E-state index contributed by atoms with van der Waals surface area (Å²) in [6.45, 7) is 4.24. The molecule has 0 atom stereocenters. The second kappa shape index (κ2) is 11.8. The summed E-state index contributed by atoms with van der Waals surface area (Å²) in [7, 11) is 0. The Morgan fingerprint density at radius 3 is 2.25 bits per heavy atom. The van der Waals surface area contributed by atoms with Crippen LogP contribution in [-0.4, -0.2) is 5.97 Å². The Morgan fingerprint density at radius 1 is 0.889 bits per heavy atom. The zero-order valence-corrected chi connectivity index (χ0v) is 21.0. The van der Waals surface area contributed by atoms with Crippen LogP contribution in [0.1, 0.15) is 86.2 Å². The van der Waals surface area contributed by atoms with Crippen LogP contribution in [-0.2, 0) is 6.42 Å². The molecule has 0 aliphatic heterocycles. The zero-order valence-electron chi connectivity index (χ0n) is 21.0. The minimum absolute atomic E-state index is 0.0549. The molecule has 0 bridgehead atoms. The van der Waals surface area contributed by atoms with Crippen LogP contribution in [0.15, 0.2) is 54.6 Å². The van der Waals surface area contributed by atoms with E-state index < -0.39 is 23.4 Å². The number of unbranched alkanes of at least 4 members (excludes halogenated alkanes) is 1. The van der Waals surface area contributed by atoms with Crippen molar-refractivity contribution in [2.24, 2.45) is 5.92 Å². The number of hydrogen-bond donors (Lipinski definition) is 0. The summed E-state index contributed by atoms with van der Waals surface area (Å²) in [5, 5.41) is 0. The first kappa shape index (κ1) is 26.0. The maximum absolute atomic E-state index is 15.0. The molecule has 3 aromatic carbocycles. The van der Waals surface area contributed by atoms with Gasteiger partial charge in [-0.3, -0.25) is 0 Å². The predicted molar refractivity (Wildman–Crippen MR) is 137 cm³/mol. The molecular weight excluding hydrogens is 461 g/mol. The van der Waals surface area contributed by atoms with Crippen LogP contribution in [0, 0.1) is 23.4 Å². The van der Waals surface area contributed by atoms with Gasteiger partial charge < -0.3 is 4.74 Å². The lowest BCUT2D eigenvalue weighted by Crippen LogP contribution is -2.14. The molecule has 36 heavy (non-hydrogen) atoms. The summed E-state index contributed by atoms with van der Waals surface area (Å²) in [6, 6.07) is 14.0. The second-order valence-corrected chi connectivity index (χ2v) is 9.79. The third kappa shape index (κ3) is 5.83. The van der Waals surface area contributed by atoms with Gasteiger partial charge in [-0.2, -0.15) is 0 Å². The molecule has 0 aromatic heterocycles. The second-order valence-electron chi connectivity index (χ2n) is 9.79. The number of carbonyl (C=O) groups excluding carboxylic acids is 1. The normalized spacial score (nSPS) is 17.7. The SMILES string of the molecule is CCCCc1ccc(C(=O)Oc2ccc(-c3ccc(C4CCC(CC)CC4)c(F)c3F)cc2)c(F)c1. The van der Waals surface area contributed by atoms with Crippen molar-refractivity contribution in [3.63, 3.8) is 0 Å². The van der Waals surface area contributed by atoms with Crippen molar-refractivity contribution in [3.8, 4) is 16.9 Å². The summed E-state index contributed by atoms with van der Waals surface area (Å²) < 4.78 is 49.8. The molecule has 0 saturated heterocycles. The highest BCUT2D eigenvalue weighted by Crippen LogP contribution is 2.39. The Morgan fingerprint density at radius 2 is 1.61 bits per heavy atom. The number of ether oxygens (including phenoxy) is 1. The third-order valence-corrected chi connectivity index (χ3v) is 7.42. The van der Waals surface area contributed by atoms with E-state index in [1.807, 2.05) is 0 Å². The quantitative estimate of drug-likeness (QED) is 0.231. The first-order valence-electron chi connectivity index (χ1n) is 13.0. The fourth-order valence-corrected chi connectivity index (χ4v) is 5.11. The number of benzene rings is 3. The molecule has 5 heteroatoms. The molecule has 0 spiro atoms. The lowest BCUT2D eigenvalue weighted by atomic mass is 9.77. The number of esters is 1. The molecule has 4 rings (SSSR count). The average Bonchev–Trinajstić information content (AvgIpc) is 2.89. The van der Waals surface area contributed by atoms with Gasteiger partial charge in [-0.1, -0.05) is 57.0 Å². The Labute approximate surface area is 211 Å². The molecule has 1 aliphatic carbocycles. The molecule has 3 aromatic rings. The van der Waals surface area contributed by atoms with E-state index in [4.69, 9.17) is 4.74 Å². The maximum Gasteiger partial charge on any atom is 0.346 e. The largest absolute Gasteiger partial charge is 0.423 e. The van der Waals surface area contributed by atoms with Crippen LogP contribution in [0.4, 0.5) is 13.2 Å². The van der Waals surface area contributed by atoms with Crippen molar-refractivity contribution in [2.45, 2.75) is 71.1 Å². The molecule has 1 saturated carbocycles. The van der Waals surface area contributed by atoms with Crippen molar-refractivity contribution < 1.29 is 22.7 Å². The van der Waals surface area contributed by atoms with Gasteiger partial charge in [0.2, 0.25) is 0 Å². The standard InChI is InChI=1S/C31H33F3O2/c1-3-5-6-21-9-16-27(28(32)19-21)31(35)36-24-14-12-23(13-15-24)26-18-17-25(29(33)30(26)34)22-10-7-20(4-2)8-11-22/h9,12-20,22H,3-8,10-11H2,1-2H3. The number of carbonyl (C=O) groups is 1. The van der Waals surface area contributed by atoms with Gasteiger partial charge in [-0.15, -0.1) is 0 Å². The van der Waals surface area contributed by atoms with Crippen LogP contribution in [0.3, 0.4) is 0 Å². The molecule has 1 fully saturated rings. The van der Waals surface area contributed by atoms with Crippen molar-refractivity contribution in [2.75, 3.05) is 0 Å². The smallest absolute Gasteiger partial charge is 0.346 e. The fraction of sp³-hybridized carbons (Fsp3) is 0.387. The van der Waals surface area contributed by atoms with E-state index in [-0.39, 0.29) is 22.8 Å². The van der Waals surface area contributed by atoms with Crippen molar-refractivity contribution >= 4 is 5.97 Å². The topological polar surface area (TPSA) is 26.3 Å². The van der Waals surface area contributed by atoms with Crippen LogP contribution in [0.5, 0.6) is 5.75 Å². The van der Waals surface area contributed by atoms with Gasteiger partial charge >= 0.3 is 5.97 Å². The van der Waals surface area contributed by atoms with Crippen LogP contribution < -0.4 is 4.74 Å². The van der Waals surface area contributed by atoms with E-state index in [9.17, 15) is 9.18 Å². The monoisotopic (exact) mass is 494 g/mol. The van der Waals surface area contributed by atoms with Gasteiger partial charge in [-0.05, 0) is 91.3 Å². The lowest BCUT2D eigenvalue weighted by Gasteiger charge is -2.28. The zero-order chi connectivity index (χ0) is 25.7. The third-order valence-electron chi connectivity index (χ3n) is 7.42. The summed E-state index contributed by atoms with van der Waals surface area (Å²) in [5.74, 6) is -2.13. The molecular formula is C31H33F3O2. The number of hydrogen-bond acceptors (Lipinski definition) is 2. The minimum Gasteiger partial charge on any atom is -0.423 e. The highest BCUT2D eigenvalue weighted by Gasteiger charge is 2.26. The molecule has 0 heterocycles. The van der Waals surface area contributed by atoms with E-state index in [1.165, 1.54) is 24.3 Å².